The van der Waals surface area contributed by atoms with Crippen LogP contribution in [0, 0.1) is 0 Å². The first kappa shape index (κ1) is 10.7. The van der Waals surface area contributed by atoms with E-state index in [0.29, 0.717) is 13.0 Å². The quantitative estimate of drug-likeness (QED) is 0.821. The number of amides is 3. The van der Waals surface area contributed by atoms with Gasteiger partial charge in [0.05, 0.1) is 0 Å². The summed E-state index contributed by atoms with van der Waals surface area (Å²) in [6.07, 6.45) is 1.30. The molecule has 3 amide bonds. The van der Waals surface area contributed by atoms with E-state index in [4.69, 9.17) is 0 Å². The predicted molar refractivity (Wildman–Crippen MR) is 61.3 cm³/mol. The number of rotatable bonds is 2. The van der Waals surface area contributed by atoms with Crippen LogP contribution in [0.4, 0.5) is 10.5 Å². The highest BCUT2D eigenvalue weighted by atomic mass is 16.2. The molecule has 1 aromatic carbocycles. The van der Waals surface area contributed by atoms with Crippen molar-refractivity contribution < 1.29 is 9.59 Å². The Bertz CT molecular complexity index is 429. The molecule has 1 saturated heterocycles. The minimum Gasteiger partial charge on any atom is -0.294 e. The highest BCUT2D eigenvalue weighted by Gasteiger charge is 2.23. The van der Waals surface area contributed by atoms with Gasteiger partial charge in [-0.15, -0.1) is 0 Å². The number of carbonyl (C=O) groups is 2. The number of nitrogens with one attached hydrogen (secondary N) is 1. The van der Waals surface area contributed by atoms with Gasteiger partial charge in [-0.25, -0.2) is 4.79 Å². The second kappa shape index (κ2) is 4.35. The fourth-order valence-electron chi connectivity index (χ4n) is 1.75. The Morgan fingerprint density at radius 1 is 1.38 bits per heavy atom. The molecule has 1 aromatic rings. The molecule has 1 heterocycles. The first-order chi connectivity index (χ1) is 7.70. The van der Waals surface area contributed by atoms with Gasteiger partial charge in [0.15, 0.2) is 0 Å². The number of imide groups is 1. The number of hydrogen-bond donors (Lipinski definition) is 1. The Kier molecular flexibility index (Phi) is 2.90. The molecule has 0 aromatic heterocycles. The van der Waals surface area contributed by atoms with Gasteiger partial charge in [0.2, 0.25) is 5.91 Å². The van der Waals surface area contributed by atoms with Crippen LogP contribution in [0.15, 0.2) is 24.3 Å². The first-order valence-corrected chi connectivity index (χ1v) is 5.41. The average Bonchev–Trinajstić information content (AvgIpc) is 2.29. The molecule has 4 nitrogen and oxygen atoms in total. The molecule has 16 heavy (non-hydrogen) atoms. The fraction of sp³-hybridized carbons (Fsp3) is 0.333. The smallest absolute Gasteiger partial charge is 0.294 e. The SMILES string of the molecule is CCc1cccc(N2CCC(=O)NC2=O)c1. The molecular weight excluding hydrogens is 204 g/mol. The van der Waals surface area contributed by atoms with Gasteiger partial charge in [-0.1, -0.05) is 19.1 Å². The summed E-state index contributed by atoms with van der Waals surface area (Å²) in [5.41, 5.74) is 2.03. The number of carbonyl (C=O) groups excluding carboxylic acids is 2. The summed E-state index contributed by atoms with van der Waals surface area (Å²) in [6.45, 7) is 2.52. The van der Waals surface area contributed by atoms with E-state index in [2.05, 4.69) is 12.2 Å². The van der Waals surface area contributed by atoms with E-state index < -0.39 is 0 Å². The van der Waals surface area contributed by atoms with Crippen LogP contribution in [0.2, 0.25) is 0 Å². The topological polar surface area (TPSA) is 49.4 Å². The number of hydrogen-bond acceptors (Lipinski definition) is 2. The molecule has 0 spiro atoms. The van der Waals surface area contributed by atoms with E-state index in [-0.39, 0.29) is 11.9 Å². The molecule has 1 aliphatic rings. The van der Waals surface area contributed by atoms with Gasteiger partial charge in [0, 0.05) is 18.7 Å². The second-order valence-electron chi connectivity index (χ2n) is 3.78. The van der Waals surface area contributed by atoms with E-state index in [9.17, 15) is 9.59 Å². The first-order valence-electron chi connectivity index (χ1n) is 5.41. The fourth-order valence-corrected chi connectivity index (χ4v) is 1.75. The molecule has 0 saturated carbocycles. The van der Waals surface area contributed by atoms with Gasteiger partial charge < -0.3 is 0 Å². The van der Waals surface area contributed by atoms with Crippen molar-refractivity contribution in [2.75, 3.05) is 11.4 Å². The van der Waals surface area contributed by atoms with Gasteiger partial charge in [-0.3, -0.25) is 15.0 Å². The highest BCUT2D eigenvalue weighted by molar-refractivity contribution is 6.05. The molecule has 4 heteroatoms. The van der Waals surface area contributed by atoms with Crippen LogP contribution < -0.4 is 10.2 Å². The Balaban J connectivity index is 2.23. The van der Waals surface area contributed by atoms with Crippen molar-refractivity contribution in [2.24, 2.45) is 0 Å². The largest absolute Gasteiger partial charge is 0.328 e. The van der Waals surface area contributed by atoms with Crippen molar-refractivity contribution in [1.82, 2.24) is 5.32 Å². The second-order valence-corrected chi connectivity index (χ2v) is 3.78. The van der Waals surface area contributed by atoms with Crippen molar-refractivity contribution in [3.63, 3.8) is 0 Å². The molecule has 1 N–H and O–H groups in total. The number of aryl methyl sites for hydroxylation is 1. The third-order valence-electron chi connectivity index (χ3n) is 2.68. The van der Waals surface area contributed by atoms with Crippen molar-refractivity contribution in [1.29, 1.82) is 0 Å². The third kappa shape index (κ3) is 2.05. The van der Waals surface area contributed by atoms with Gasteiger partial charge in [-0.2, -0.15) is 0 Å². The molecule has 1 aliphatic heterocycles. The molecule has 0 atom stereocenters. The summed E-state index contributed by atoms with van der Waals surface area (Å²) in [4.78, 5) is 24.2. The lowest BCUT2D eigenvalue weighted by molar-refractivity contribution is -0.120. The molecular formula is C12H14N2O2. The lowest BCUT2D eigenvalue weighted by atomic mass is 10.1. The summed E-state index contributed by atoms with van der Waals surface area (Å²) in [7, 11) is 0. The van der Waals surface area contributed by atoms with E-state index in [0.717, 1.165) is 12.1 Å². The summed E-state index contributed by atoms with van der Waals surface area (Å²) in [5, 5.41) is 2.31. The summed E-state index contributed by atoms with van der Waals surface area (Å²) in [5.74, 6) is -0.201. The highest BCUT2D eigenvalue weighted by Crippen LogP contribution is 2.18. The molecule has 0 radical (unpaired) electrons. The zero-order chi connectivity index (χ0) is 11.5. The number of benzene rings is 1. The summed E-state index contributed by atoms with van der Waals surface area (Å²) in [6, 6.07) is 7.49. The summed E-state index contributed by atoms with van der Waals surface area (Å²) < 4.78 is 0. The van der Waals surface area contributed by atoms with Crippen molar-refractivity contribution in [3.8, 4) is 0 Å². The monoisotopic (exact) mass is 218 g/mol. The maximum absolute atomic E-state index is 11.6. The molecule has 84 valence electrons. The minimum absolute atomic E-state index is 0.201. The number of anilines is 1. The van der Waals surface area contributed by atoms with Crippen molar-refractivity contribution in [3.05, 3.63) is 29.8 Å². The van der Waals surface area contributed by atoms with E-state index in [1.54, 1.807) is 4.90 Å². The summed E-state index contributed by atoms with van der Waals surface area (Å²) >= 11 is 0. The van der Waals surface area contributed by atoms with Gasteiger partial charge in [0.1, 0.15) is 0 Å². The Morgan fingerprint density at radius 3 is 2.88 bits per heavy atom. The Labute approximate surface area is 94.2 Å². The molecule has 2 rings (SSSR count). The van der Waals surface area contributed by atoms with Gasteiger partial charge >= 0.3 is 6.03 Å². The zero-order valence-corrected chi connectivity index (χ0v) is 9.19. The average molecular weight is 218 g/mol. The van der Waals surface area contributed by atoms with Gasteiger partial charge in [0.25, 0.3) is 0 Å². The predicted octanol–water partition coefficient (Wildman–Crippen LogP) is 1.70. The van der Waals surface area contributed by atoms with Crippen LogP contribution in [-0.4, -0.2) is 18.5 Å². The molecule has 0 unspecified atom stereocenters. The standard InChI is InChI=1S/C12H14N2O2/c1-2-9-4-3-5-10(8-9)14-7-6-11(15)13-12(14)16/h3-5,8H,2,6-7H2,1H3,(H,13,15,16). The Morgan fingerprint density at radius 2 is 2.19 bits per heavy atom. The van der Waals surface area contributed by atoms with E-state index >= 15 is 0 Å². The van der Waals surface area contributed by atoms with E-state index in [1.807, 2.05) is 24.3 Å². The van der Waals surface area contributed by atoms with Crippen LogP contribution in [0.3, 0.4) is 0 Å². The van der Waals surface area contributed by atoms with Gasteiger partial charge in [-0.05, 0) is 24.1 Å². The maximum Gasteiger partial charge on any atom is 0.328 e. The van der Waals surface area contributed by atoms with Crippen LogP contribution >= 0.6 is 0 Å². The molecule has 0 bridgehead atoms. The van der Waals surface area contributed by atoms with Crippen molar-refractivity contribution in [2.45, 2.75) is 19.8 Å². The lowest BCUT2D eigenvalue weighted by Crippen LogP contribution is -2.49. The third-order valence-corrected chi connectivity index (χ3v) is 2.68. The normalized spacial score (nSPS) is 16.2. The van der Waals surface area contributed by atoms with Crippen LogP contribution in [0.25, 0.3) is 0 Å². The number of nitrogens with zero attached hydrogens (tertiary/aromatic N) is 1. The lowest BCUT2D eigenvalue weighted by Gasteiger charge is -2.26. The van der Waals surface area contributed by atoms with Crippen LogP contribution in [0.1, 0.15) is 18.9 Å². The van der Waals surface area contributed by atoms with Crippen LogP contribution in [0.5, 0.6) is 0 Å². The molecule has 0 aliphatic carbocycles. The van der Waals surface area contributed by atoms with E-state index in [1.165, 1.54) is 5.56 Å². The van der Waals surface area contributed by atoms with Crippen LogP contribution in [-0.2, 0) is 11.2 Å². The Hall–Kier alpha value is -1.84. The van der Waals surface area contributed by atoms with Crippen molar-refractivity contribution >= 4 is 17.6 Å². The maximum atomic E-state index is 11.6. The zero-order valence-electron chi connectivity index (χ0n) is 9.19. The number of urea groups is 1. The molecule has 1 fully saturated rings. The minimum atomic E-state index is -0.329.